The van der Waals surface area contributed by atoms with Crippen LogP contribution >= 0.6 is 0 Å². The normalized spacial score (nSPS) is 29.9. The van der Waals surface area contributed by atoms with Crippen molar-refractivity contribution >= 4 is 44.6 Å². The van der Waals surface area contributed by atoms with Crippen LogP contribution in [0.4, 0.5) is 0 Å². The van der Waals surface area contributed by atoms with E-state index in [2.05, 4.69) is 38.6 Å². The van der Waals surface area contributed by atoms with E-state index in [0.29, 0.717) is 49.0 Å². The predicted molar refractivity (Wildman–Crippen MR) is 126 cm³/mol. The van der Waals surface area contributed by atoms with E-state index in [4.69, 9.17) is 4.43 Å². The Kier molecular flexibility index (Phi) is 7.42. The molecule has 2 bridgehead atoms. The number of rotatable bonds is 7. The molecule has 2 aliphatic rings. The van der Waals surface area contributed by atoms with Crippen LogP contribution < -0.4 is 4.72 Å². The Hall–Kier alpha value is 0.306. The van der Waals surface area contributed by atoms with Crippen molar-refractivity contribution in [1.82, 2.24) is 4.72 Å². The Bertz CT molecular complexity index is 857. The average Bonchev–Trinajstić information content (AvgIpc) is 3.01. The zero-order chi connectivity index (χ0) is 22.4. The fourth-order valence-corrected chi connectivity index (χ4v) is 18.6. The topological polar surface area (TPSA) is 75.6 Å². The van der Waals surface area contributed by atoms with Gasteiger partial charge < -0.3 is 0 Å². The van der Waals surface area contributed by atoms with Crippen LogP contribution in [0.15, 0.2) is 29.2 Å². The number of fused-ring (bicyclic) bond motifs is 2. The summed E-state index contributed by atoms with van der Waals surface area (Å²) in [5.41, 5.74) is 1.04. The first-order valence-corrected chi connectivity index (χ1v) is 21.1. The van der Waals surface area contributed by atoms with Gasteiger partial charge >= 0.3 is 195 Å². The Morgan fingerprint density at radius 1 is 1.27 bits per heavy atom. The number of hydrogen-bond donors (Lipinski definition) is 2. The fourth-order valence-electron chi connectivity index (χ4n) is 3.69. The maximum atomic E-state index is 12.9. The summed E-state index contributed by atoms with van der Waals surface area (Å²) in [5.74, 6) is 0. The van der Waals surface area contributed by atoms with Gasteiger partial charge in [0.05, 0.1) is 0 Å². The van der Waals surface area contributed by atoms with Gasteiger partial charge in [-0.1, -0.05) is 0 Å². The number of sulfonamides is 1. The molecule has 9 heteroatoms. The zero-order valence-corrected chi connectivity index (χ0v) is 24.0. The van der Waals surface area contributed by atoms with Gasteiger partial charge in [-0.2, -0.15) is 0 Å². The molecule has 1 saturated heterocycles. The molecule has 1 aromatic rings. The second kappa shape index (κ2) is 8.92. The third-order valence-corrected chi connectivity index (χ3v) is 24.1. The van der Waals surface area contributed by atoms with Crippen LogP contribution in [0.25, 0.3) is 0 Å². The molecule has 1 heterocycles. The van der Waals surface area contributed by atoms with Gasteiger partial charge in [0.25, 0.3) is 0 Å². The quantitative estimate of drug-likeness (QED) is 0.482. The number of aryl methyl sites for hydroxylation is 1. The molecule has 1 aliphatic carbocycles. The molecular weight excluding hydrogens is 548 g/mol. The van der Waals surface area contributed by atoms with Gasteiger partial charge in [-0.05, 0) is 0 Å². The van der Waals surface area contributed by atoms with Crippen LogP contribution in [0, 0.1) is 6.92 Å². The van der Waals surface area contributed by atoms with E-state index in [1.807, 2.05) is 19.1 Å². The molecule has 0 amide bonds. The van der Waals surface area contributed by atoms with E-state index in [-0.39, 0.29) is 15.4 Å². The van der Waals surface area contributed by atoms with Crippen LogP contribution in [-0.4, -0.2) is 66.9 Å². The van der Waals surface area contributed by atoms with Gasteiger partial charge in [-0.25, -0.2) is 0 Å². The van der Waals surface area contributed by atoms with Gasteiger partial charge in [0, 0.05) is 0 Å². The first kappa shape index (κ1) is 24.9. The Labute approximate surface area is 194 Å². The van der Waals surface area contributed by atoms with Gasteiger partial charge in [0.15, 0.2) is 0 Å². The molecule has 0 aromatic heterocycles. The third kappa shape index (κ3) is 5.27. The zero-order valence-electron chi connectivity index (χ0n) is 18.8. The van der Waals surface area contributed by atoms with E-state index in [0.717, 1.165) is 18.4 Å². The summed E-state index contributed by atoms with van der Waals surface area (Å²) in [6.07, 6.45) is 1.89. The summed E-state index contributed by atoms with van der Waals surface area (Å²) in [7, 11) is -5.35. The second-order valence-electron chi connectivity index (χ2n) is 10.1. The summed E-state index contributed by atoms with van der Waals surface area (Å²) in [6.45, 7) is 13.9. The number of benzene rings is 1. The van der Waals surface area contributed by atoms with E-state index in [1.165, 1.54) is 0 Å². The van der Waals surface area contributed by atoms with Gasteiger partial charge in [-0.15, -0.1) is 0 Å². The van der Waals surface area contributed by atoms with Crippen molar-refractivity contribution in [3.05, 3.63) is 29.8 Å². The Morgan fingerprint density at radius 2 is 1.90 bits per heavy atom. The molecule has 4 atom stereocenters. The van der Waals surface area contributed by atoms with E-state index < -0.39 is 24.4 Å². The summed E-state index contributed by atoms with van der Waals surface area (Å²) in [6, 6.07) is 6.79. The molecule has 1 aromatic carbocycles. The van der Waals surface area contributed by atoms with Crippen LogP contribution in [0.3, 0.4) is 0 Å². The van der Waals surface area contributed by atoms with Crippen LogP contribution in [0.5, 0.6) is 0 Å². The second-order valence-corrected chi connectivity index (χ2v) is 24.3. The molecule has 1 aliphatic heterocycles. The summed E-state index contributed by atoms with van der Waals surface area (Å²) < 4.78 is 35.0. The summed E-state index contributed by atoms with van der Waals surface area (Å²) in [4.78, 5) is 0.673. The standard InChI is InChI=1S/C21H35NO4SSe2Si/c1-15-7-9-16(10-8-15)27(24,25)22-17-13-19(23)21(14-18(17)28-29-21)11-12-26-30(5,6)20(2,3)4/h7-10,17-19,22-23H,11-14H2,1-6H3/t17-,18-,19+,21+/m0/s1. The minimum absolute atomic E-state index is 0.0359. The van der Waals surface area contributed by atoms with Crippen molar-refractivity contribution in [3.63, 3.8) is 0 Å². The first-order valence-electron chi connectivity index (χ1n) is 10.5. The van der Waals surface area contributed by atoms with Crippen molar-refractivity contribution in [2.24, 2.45) is 0 Å². The molecule has 2 N–H and O–H groups in total. The molecule has 170 valence electrons. The van der Waals surface area contributed by atoms with Crippen LogP contribution in [0.2, 0.25) is 27.3 Å². The SMILES string of the molecule is Cc1ccc(S(=O)(=O)N[C@H]2C[C@@H](O)[C@@]3(CCO[Si](C)(C)C(C)(C)C)C[C@@H]2[Se][Se]3)cc1. The number of aliphatic hydroxyl groups is 1. The van der Waals surface area contributed by atoms with Crippen molar-refractivity contribution in [2.75, 3.05) is 6.61 Å². The van der Waals surface area contributed by atoms with Gasteiger partial charge in [0.1, 0.15) is 0 Å². The van der Waals surface area contributed by atoms with E-state index in [9.17, 15) is 13.5 Å². The molecule has 0 radical (unpaired) electrons. The van der Waals surface area contributed by atoms with Crippen LogP contribution in [-0.2, 0) is 14.4 Å². The summed E-state index contributed by atoms with van der Waals surface area (Å²) in [5, 5.41) is 11.2. The number of nitrogens with one attached hydrogen (secondary N) is 1. The van der Waals surface area contributed by atoms with E-state index >= 15 is 0 Å². The monoisotopic (exact) mass is 585 g/mol. The minimum atomic E-state index is -3.56. The maximum absolute atomic E-state index is 12.9. The average molecular weight is 584 g/mol. The molecule has 2 fully saturated rings. The molecule has 1 saturated carbocycles. The fraction of sp³-hybridized carbons (Fsp3) is 0.714. The third-order valence-electron chi connectivity index (χ3n) is 6.85. The predicted octanol–water partition coefficient (Wildman–Crippen LogP) is 3.49. The van der Waals surface area contributed by atoms with Crippen molar-refractivity contribution < 1.29 is 18.0 Å². The first-order chi connectivity index (χ1) is 13.8. The Balaban J connectivity index is 1.63. The number of hydrogen-bond acceptors (Lipinski definition) is 4. The van der Waals surface area contributed by atoms with Crippen molar-refractivity contribution in [1.29, 1.82) is 0 Å². The van der Waals surface area contributed by atoms with E-state index in [1.54, 1.807) is 12.1 Å². The molecule has 0 spiro atoms. The Morgan fingerprint density at radius 3 is 2.50 bits per heavy atom. The molecule has 0 unspecified atom stereocenters. The molecule has 30 heavy (non-hydrogen) atoms. The molecule has 5 nitrogen and oxygen atoms in total. The van der Waals surface area contributed by atoms with Crippen LogP contribution in [0.1, 0.15) is 45.6 Å². The number of aliphatic hydroxyl groups excluding tert-OH is 1. The van der Waals surface area contributed by atoms with Gasteiger partial charge in [0.2, 0.25) is 0 Å². The molecule has 3 rings (SSSR count). The van der Waals surface area contributed by atoms with Gasteiger partial charge in [-0.3, -0.25) is 0 Å². The summed E-state index contributed by atoms with van der Waals surface area (Å²) >= 11 is 0.757. The van der Waals surface area contributed by atoms with Crippen molar-refractivity contribution in [3.8, 4) is 0 Å². The molecular formula is C21H35NO4SSe2Si. The van der Waals surface area contributed by atoms with Crippen molar-refractivity contribution in [2.45, 2.75) is 91.3 Å².